The maximum absolute atomic E-state index is 13.1. The Morgan fingerprint density at radius 1 is 1.03 bits per heavy atom. The molecule has 2 bridgehead atoms. The van der Waals surface area contributed by atoms with Crippen LogP contribution in [0.2, 0.25) is 0 Å². The van der Waals surface area contributed by atoms with Crippen molar-refractivity contribution < 1.29 is 14.3 Å². The van der Waals surface area contributed by atoms with E-state index in [2.05, 4.69) is 10.3 Å². The summed E-state index contributed by atoms with van der Waals surface area (Å²) in [6.07, 6.45) is 7.33. The van der Waals surface area contributed by atoms with Crippen LogP contribution in [0.3, 0.4) is 0 Å². The largest absolute Gasteiger partial charge is 0.493 e. The van der Waals surface area contributed by atoms with Gasteiger partial charge >= 0.3 is 0 Å². The summed E-state index contributed by atoms with van der Waals surface area (Å²) in [4.78, 5) is 31.7. The molecular weight excluding hydrogens is 366 g/mol. The smallest absolute Gasteiger partial charge is 0.253 e. The van der Waals surface area contributed by atoms with Crippen LogP contribution in [0, 0.1) is 11.8 Å². The van der Waals surface area contributed by atoms with Crippen molar-refractivity contribution >= 4 is 11.8 Å². The average Bonchev–Trinajstić information content (AvgIpc) is 2.99. The summed E-state index contributed by atoms with van der Waals surface area (Å²) < 4.78 is 5.67. The second-order valence-electron chi connectivity index (χ2n) is 8.32. The van der Waals surface area contributed by atoms with Gasteiger partial charge < -0.3 is 15.0 Å². The van der Waals surface area contributed by atoms with E-state index in [1.165, 1.54) is 0 Å². The van der Waals surface area contributed by atoms with Crippen LogP contribution in [0.15, 0.2) is 42.7 Å². The van der Waals surface area contributed by atoms with Crippen molar-refractivity contribution in [2.45, 2.75) is 31.7 Å². The van der Waals surface area contributed by atoms with Crippen molar-refractivity contribution in [3.8, 4) is 5.75 Å². The van der Waals surface area contributed by atoms with Gasteiger partial charge in [-0.15, -0.1) is 0 Å². The number of pyridine rings is 1. The lowest BCUT2D eigenvalue weighted by atomic mass is 9.91. The lowest BCUT2D eigenvalue weighted by Crippen LogP contribution is -2.54. The molecule has 1 aromatic heterocycles. The summed E-state index contributed by atoms with van der Waals surface area (Å²) in [5, 5.41) is 3.22. The van der Waals surface area contributed by atoms with Crippen LogP contribution in [0.25, 0.3) is 0 Å². The fourth-order valence-electron chi connectivity index (χ4n) is 5.04. The first-order chi connectivity index (χ1) is 14.2. The van der Waals surface area contributed by atoms with Gasteiger partial charge in [-0.1, -0.05) is 0 Å². The summed E-state index contributed by atoms with van der Waals surface area (Å²) in [6, 6.07) is 9.40. The molecule has 1 saturated carbocycles. The number of aryl methyl sites for hydroxylation is 1. The number of nitrogens with one attached hydrogen (secondary N) is 1. The molecule has 1 aliphatic carbocycles. The summed E-state index contributed by atoms with van der Waals surface area (Å²) in [5.74, 6) is 1.57. The number of hydrogen-bond donors (Lipinski definition) is 1. The Bertz CT molecular complexity index is 916. The molecular formula is C23H25N3O3. The molecule has 3 aliphatic rings. The zero-order valence-corrected chi connectivity index (χ0v) is 16.3. The van der Waals surface area contributed by atoms with E-state index in [0.29, 0.717) is 30.5 Å². The highest BCUT2D eigenvalue weighted by Crippen LogP contribution is 2.38. The Morgan fingerprint density at radius 2 is 1.79 bits per heavy atom. The summed E-state index contributed by atoms with van der Waals surface area (Å²) in [6.45, 7) is 2.15. The van der Waals surface area contributed by atoms with Gasteiger partial charge in [0.05, 0.1) is 6.61 Å². The Hall–Kier alpha value is -2.89. The highest BCUT2D eigenvalue weighted by molar-refractivity contribution is 5.95. The van der Waals surface area contributed by atoms with Gasteiger partial charge in [0.25, 0.3) is 11.8 Å². The van der Waals surface area contributed by atoms with E-state index in [4.69, 9.17) is 4.74 Å². The van der Waals surface area contributed by atoms with Crippen LogP contribution < -0.4 is 10.1 Å². The Balaban J connectivity index is 1.27. The van der Waals surface area contributed by atoms with E-state index in [1.54, 1.807) is 24.5 Å². The molecule has 0 radical (unpaired) electrons. The molecule has 6 heteroatoms. The fourth-order valence-corrected chi connectivity index (χ4v) is 5.04. The third-order valence-corrected chi connectivity index (χ3v) is 6.52. The number of benzene rings is 1. The predicted octanol–water partition coefficient (Wildman–Crippen LogP) is 2.69. The average molecular weight is 391 g/mol. The van der Waals surface area contributed by atoms with Gasteiger partial charge in [-0.05, 0) is 73.4 Å². The highest BCUT2D eigenvalue weighted by atomic mass is 16.5. The first kappa shape index (κ1) is 18.2. The van der Waals surface area contributed by atoms with E-state index >= 15 is 0 Å². The second-order valence-corrected chi connectivity index (χ2v) is 8.32. The van der Waals surface area contributed by atoms with Gasteiger partial charge in [0, 0.05) is 42.7 Å². The molecule has 0 spiro atoms. The fraction of sp³-hybridized carbons (Fsp3) is 0.435. The summed E-state index contributed by atoms with van der Waals surface area (Å²) in [5.41, 5.74) is 2.51. The maximum Gasteiger partial charge on any atom is 0.253 e. The van der Waals surface area contributed by atoms with Gasteiger partial charge in [-0.3, -0.25) is 14.6 Å². The number of rotatable bonds is 3. The van der Waals surface area contributed by atoms with Crippen LogP contribution in [0.4, 0.5) is 0 Å². The number of carbonyl (C=O) groups is 2. The highest BCUT2D eigenvalue weighted by Gasteiger charge is 2.44. The normalized spacial score (nSPS) is 25.1. The number of likely N-dealkylation sites (tertiary alicyclic amines) is 1. The molecule has 1 N–H and O–H groups in total. The Morgan fingerprint density at radius 3 is 2.55 bits per heavy atom. The van der Waals surface area contributed by atoms with Crippen LogP contribution in [0.1, 0.15) is 45.5 Å². The predicted molar refractivity (Wildman–Crippen MR) is 108 cm³/mol. The van der Waals surface area contributed by atoms with Crippen molar-refractivity contribution in [3.63, 3.8) is 0 Å². The number of ether oxygens (including phenoxy) is 1. The van der Waals surface area contributed by atoms with Crippen molar-refractivity contribution in [1.82, 2.24) is 15.2 Å². The molecule has 2 amide bonds. The van der Waals surface area contributed by atoms with Crippen LogP contribution in [-0.4, -0.2) is 47.4 Å². The number of aromatic nitrogens is 1. The van der Waals surface area contributed by atoms with E-state index in [0.717, 1.165) is 49.2 Å². The minimum absolute atomic E-state index is 0.0521. The van der Waals surface area contributed by atoms with Crippen LogP contribution in [0.5, 0.6) is 5.75 Å². The van der Waals surface area contributed by atoms with E-state index < -0.39 is 0 Å². The third-order valence-electron chi connectivity index (χ3n) is 6.52. The van der Waals surface area contributed by atoms with Crippen molar-refractivity contribution in [2.75, 3.05) is 19.7 Å². The monoisotopic (exact) mass is 391 g/mol. The molecule has 6 nitrogen and oxygen atoms in total. The molecule has 29 heavy (non-hydrogen) atoms. The van der Waals surface area contributed by atoms with Crippen molar-refractivity contribution in [1.29, 1.82) is 0 Å². The standard InChI is InChI=1S/C23H25N3O3/c27-22(15-7-9-24-10-8-15)25-21-18-3-4-19(21)14-26(13-18)23(28)17-5-6-20-16(12-17)2-1-11-29-20/h5-10,12,18-19,21H,1-4,11,13-14H2,(H,25,27)/t18-,19+,21?. The third kappa shape index (κ3) is 3.48. The van der Waals surface area contributed by atoms with Crippen molar-refractivity contribution in [3.05, 3.63) is 59.4 Å². The molecule has 5 rings (SSSR count). The summed E-state index contributed by atoms with van der Waals surface area (Å²) in [7, 11) is 0. The first-order valence-electron chi connectivity index (χ1n) is 10.4. The molecule has 2 aliphatic heterocycles. The van der Waals surface area contributed by atoms with Gasteiger partial charge in [-0.25, -0.2) is 0 Å². The van der Waals surface area contributed by atoms with Gasteiger partial charge in [-0.2, -0.15) is 0 Å². The van der Waals surface area contributed by atoms with E-state index in [9.17, 15) is 9.59 Å². The van der Waals surface area contributed by atoms with Crippen LogP contribution in [-0.2, 0) is 6.42 Å². The minimum atomic E-state index is -0.0521. The van der Waals surface area contributed by atoms with E-state index in [1.807, 2.05) is 23.1 Å². The first-order valence-corrected chi connectivity index (χ1v) is 10.4. The number of piperidine rings is 1. The number of hydrogen-bond acceptors (Lipinski definition) is 4. The van der Waals surface area contributed by atoms with Gasteiger partial charge in [0.15, 0.2) is 0 Å². The maximum atomic E-state index is 13.1. The Kier molecular flexibility index (Phi) is 4.70. The lowest BCUT2D eigenvalue weighted by molar-refractivity contribution is 0.0598. The molecule has 2 fully saturated rings. The second kappa shape index (κ2) is 7.50. The molecule has 3 heterocycles. The van der Waals surface area contributed by atoms with Gasteiger partial charge in [0.2, 0.25) is 0 Å². The number of nitrogens with zero attached hydrogens (tertiary/aromatic N) is 2. The molecule has 1 unspecified atom stereocenters. The molecule has 150 valence electrons. The Labute approximate surface area is 170 Å². The summed E-state index contributed by atoms with van der Waals surface area (Å²) >= 11 is 0. The molecule has 1 saturated heterocycles. The lowest BCUT2D eigenvalue weighted by Gasteiger charge is -2.38. The number of carbonyl (C=O) groups excluding carboxylic acids is 2. The molecule has 2 aromatic rings. The van der Waals surface area contributed by atoms with Crippen LogP contribution >= 0.6 is 0 Å². The molecule has 1 aromatic carbocycles. The SMILES string of the molecule is O=C(NC1[C@@H]2CC[C@H]1CN(C(=O)c1ccc3c(c1)CCCO3)C2)c1ccncc1. The topological polar surface area (TPSA) is 71.5 Å². The quantitative estimate of drug-likeness (QED) is 0.873. The van der Waals surface area contributed by atoms with E-state index in [-0.39, 0.29) is 17.9 Å². The van der Waals surface area contributed by atoms with Gasteiger partial charge in [0.1, 0.15) is 5.75 Å². The molecule has 3 atom stereocenters. The zero-order valence-electron chi connectivity index (χ0n) is 16.3. The van der Waals surface area contributed by atoms with Crippen molar-refractivity contribution in [2.24, 2.45) is 11.8 Å². The number of amides is 2. The minimum Gasteiger partial charge on any atom is -0.493 e. The zero-order chi connectivity index (χ0) is 19.8. The number of fused-ring (bicyclic) bond motifs is 3.